The fourth-order valence-electron chi connectivity index (χ4n) is 1.69. The molecular weight excluding hydrogens is 301 g/mol. The van der Waals surface area contributed by atoms with Gasteiger partial charge in [-0.2, -0.15) is 9.97 Å². The fourth-order valence-corrected chi connectivity index (χ4v) is 2.23. The SMILES string of the molecule is COc1cc(OC)nc(Cc2cc(Cl)cc(Cl)c2N)n1. The van der Waals surface area contributed by atoms with Crippen LogP contribution in [0.1, 0.15) is 11.4 Å². The fraction of sp³-hybridized carbons (Fsp3) is 0.231. The smallest absolute Gasteiger partial charge is 0.220 e. The van der Waals surface area contributed by atoms with E-state index >= 15 is 0 Å². The summed E-state index contributed by atoms with van der Waals surface area (Å²) in [5.74, 6) is 1.34. The summed E-state index contributed by atoms with van der Waals surface area (Å²) in [7, 11) is 3.05. The molecule has 7 heteroatoms. The highest BCUT2D eigenvalue weighted by molar-refractivity contribution is 6.36. The van der Waals surface area contributed by atoms with E-state index in [-0.39, 0.29) is 0 Å². The van der Waals surface area contributed by atoms with Crippen LogP contribution in [0.4, 0.5) is 5.69 Å². The lowest BCUT2D eigenvalue weighted by atomic mass is 10.1. The second kappa shape index (κ2) is 6.15. The summed E-state index contributed by atoms with van der Waals surface area (Å²) >= 11 is 12.0. The lowest BCUT2D eigenvalue weighted by Gasteiger charge is -2.09. The van der Waals surface area contributed by atoms with Crippen molar-refractivity contribution >= 4 is 28.9 Å². The summed E-state index contributed by atoms with van der Waals surface area (Å²) in [6.07, 6.45) is 0.375. The Kier molecular flexibility index (Phi) is 4.52. The van der Waals surface area contributed by atoms with E-state index in [9.17, 15) is 0 Å². The maximum absolute atomic E-state index is 6.00. The highest BCUT2D eigenvalue weighted by Crippen LogP contribution is 2.29. The van der Waals surface area contributed by atoms with E-state index in [2.05, 4.69) is 9.97 Å². The minimum absolute atomic E-state index is 0.375. The van der Waals surface area contributed by atoms with Gasteiger partial charge in [0.15, 0.2) is 0 Å². The van der Waals surface area contributed by atoms with Gasteiger partial charge in [-0.15, -0.1) is 0 Å². The third-order valence-electron chi connectivity index (χ3n) is 2.67. The molecule has 0 saturated carbocycles. The van der Waals surface area contributed by atoms with E-state index in [0.29, 0.717) is 39.7 Å². The molecule has 0 bridgehead atoms. The average molecular weight is 314 g/mol. The van der Waals surface area contributed by atoms with Gasteiger partial charge in [-0.1, -0.05) is 23.2 Å². The van der Waals surface area contributed by atoms with Gasteiger partial charge in [0.2, 0.25) is 11.8 Å². The Hall–Kier alpha value is -1.72. The van der Waals surface area contributed by atoms with Crippen LogP contribution in [0, 0.1) is 0 Å². The van der Waals surface area contributed by atoms with Crippen LogP contribution in [-0.4, -0.2) is 24.2 Å². The molecule has 5 nitrogen and oxygen atoms in total. The number of hydrogen-bond acceptors (Lipinski definition) is 5. The highest BCUT2D eigenvalue weighted by Gasteiger charge is 2.11. The minimum atomic E-state index is 0.375. The second-order valence-corrected chi connectivity index (χ2v) is 4.85. The van der Waals surface area contributed by atoms with E-state index in [0.717, 1.165) is 5.56 Å². The molecule has 0 amide bonds. The van der Waals surface area contributed by atoms with Gasteiger partial charge in [0.25, 0.3) is 0 Å². The van der Waals surface area contributed by atoms with Crippen LogP contribution in [0.25, 0.3) is 0 Å². The number of methoxy groups -OCH3 is 2. The maximum Gasteiger partial charge on any atom is 0.220 e. The first-order chi connectivity index (χ1) is 9.53. The first-order valence-corrected chi connectivity index (χ1v) is 6.48. The van der Waals surface area contributed by atoms with Gasteiger partial charge in [-0.05, 0) is 17.7 Å². The van der Waals surface area contributed by atoms with Gasteiger partial charge in [-0.3, -0.25) is 0 Å². The highest BCUT2D eigenvalue weighted by atomic mass is 35.5. The van der Waals surface area contributed by atoms with Gasteiger partial charge >= 0.3 is 0 Å². The quantitative estimate of drug-likeness (QED) is 0.879. The van der Waals surface area contributed by atoms with Crippen molar-refractivity contribution in [3.8, 4) is 11.8 Å². The number of nitrogen functional groups attached to an aromatic ring is 1. The number of halogens is 2. The largest absolute Gasteiger partial charge is 0.481 e. The van der Waals surface area contributed by atoms with Crippen LogP contribution in [0.5, 0.6) is 11.8 Å². The summed E-state index contributed by atoms with van der Waals surface area (Å²) in [6.45, 7) is 0. The van der Waals surface area contributed by atoms with Crippen LogP contribution < -0.4 is 15.2 Å². The molecule has 2 aromatic rings. The van der Waals surface area contributed by atoms with Crippen molar-refractivity contribution in [2.75, 3.05) is 20.0 Å². The summed E-state index contributed by atoms with van der Waals surface area (Å²) < 4.78 is 10.2. The van der Waals surface area contributed by atoms with Gasteiger partial charge in [-0.25, -0.2) is 0 Å². The summed E-state index contributed by atoms with van der Waals surface area (Å²) in [6, 6.07) is 4.92. The van der Waals surface area contributed by atoms with E-state index < -0.39 is 0 Å². The zero-order valence-electron chi connectivity index (χ0n) is 11.0. The number of rotatable bonds is 4. The second-order valence-electron chi connectivity index (χ2n) is 4.01. The zero-order valence-corrected chi connectivity index (χ0v) is 12.5. The molecule has 0 spiro atoms. The molecule has 0 aliphatic carbocycles. The Morgan fingerprint density at radius 1 is 1.05 bits per heavy atom. The van der Waals surface area contributed by atoms with Crippen LogP contribution >= 0.6 is 23.2 Å². The van der Waals surface area contributed by atoms with Crippen molar-refractivity contribution in [1.29, 1.82) is 0 Å². The Bertz CT molecular complexity index is 613. The van der Waals surface area contributed by atoms with Crippen LogP contribution in [0.2, 0.25) is 10.0 Å². The molecule has 0 atom stereocenters. The third kappa shape index (κ3) is 3.23. The van der Waals surface area contributed by atoms with E-state index in [1.807, 2.05) is 0 Å². The Labute approximate surface area is 126 Å². The molecule has 2 rings (SSSR count). The molecule has 1 aromatic carbocycles. The van der Waals surface area contributed by atoms with E-state index in [4.69, 9.17) is 38.4 Å². The van der Waals surface area contributed by atoms with Crippen LogP contribution in [-0.2, 0) is 6.42 Å². The molecule has 0 saturated heterocycles. The van der Waals surface area contributed by atoms with Crippen molar-refractivity contribution in [2.24, 2.45) is 0 Å². The number of nitrogens with two attached hydrogens (primary N) is 1. The van der Waals surface area contributed by atoms with Gasteiger partial charge in [0.05, 0.1) is 31.0 Å². The molecule has 0 unspecified atom stereocenters. The minimum Gasteiger partial charge on any atom is -0.481 e. The molecule has 0 aliphatic heterocycles. The number of anilines is 1. The first kappa shape index (κ1) is 14.7. The average Bonchev–Trinajstić information content (AvgIpc) is 2.43. The topological polar surface area (TPSA) is 70.3 Å². The molecule has 0 aliphatic rings. The normalized spacial score (nSPS) is 10.4. The lowest BCUT2D eigenvalue weighted by Crippen LogP contribution is -2.03. The molecule has 20 heavy (non-hydrogen) atoms. The standard InChI is InChI=1S/C13H13Cl2N3O2/c1-19-11-6-12(20-2)18-10(17-11)4-7-3-8(14)5-9(15)13(7)16/h3,5-6H,4,16H2,1-2H3. The van der Waals surface area contributed by atoms with Crippen LogP contribution in [0.15, 0.2) is 18.2 Å². The maximum atomic E-state index is 6.00. The van der Waals surface area contributed by atoms with Gasteiger partial charge in [0.1, 0.15) is 5.82 Å². The van der Waals surface area contributed by atoms with Crippen molar-refractivity contribution in [2.45, 2.75) is 6.42 Å². The Morgan fingerprint density at radius 2 is 1.65 bits per heavy atom. The lowest BCUT2D eigenvalue weighted by molar-refractivity contribution is 0.369. The Morgan fingerprint density at radius 3 is 2.20 bits per heavy atom. The zero-order chi connectivity index (χ0) is 14.7. The van der Waals surface area contributed by atoms with Gasteiger partial charge < -0.3 is 15.2 Å². The van der Waals surface area contributed by atoms with E-state index in [1.165, 1.54) is 14.2 Å². The first-order valence-electron chi connectivity index (χ1n) is 5.72. The van der Waals surface area contributed by atoms with Crippen molar-refractivity contribution in [1.82, 2.24) is 9.97 Å². The summed E-state index contributed by atoms with van der Waals surface area (Å²) in [5, 5.41) is 0.913. The van der Waals surface area contributed by atoms with Crippen molar-refractivity contribution < 1.29 is 9.47 Å². The predicted molar refractivity (Wildman–Crippen MR) is 78.8 cm³/mol. The molecule has 0 fully saturated rings. The number of hydrogen-bond donors (Lipinski definition) is 1. The number of benzene rings is 1. The van der Waals surface area contributed by atoms with Crippen molar-refractivity contribution in [3.05, 3.63) is 39.6 Å². The third-order valence-corrected chi connectivity index (χ3v) is 3.20. The summed E-state index contributed by atoms with van der Waals surface area (Å²) in [5.41, 5.74) is 7.14. The molecule has 106 valence electrons. The van der Waals surface area contributed by atoms with Crippen LogP contribution in [0.3, 0.4) is 0 Å². The van der Waals surface area contributed by atoms with Crippen molar-refractivity contribution in [3.63, 3.8) is 0 Å². The number of ether oxygens (including phenoxy) is 2. The number of aromatic nitrogens is 2. The monoisotopic (exact) mass is 313 g/mol. The van der Waals surface area contributed by atoms with E-state index in [1.54, 1.807) is 18.2 Å². The Balaban J connectivity index is 2.39. The molecule has 1 heterocycles. The van der Waals surface area contributed by atoms with Gasteiger partial charge in [0, 0.05) is 11.4 Å². The molecule has 1 aromatic heterocycles. The predicted octanol–water partition coefficient (Wildman–Crippen LogP) is 2.97. The summed E-state index contributed by atoms with van der Waals surface area (Å²) in [4.78, 5) is 8.48. The molecular formula is C13H13Cl2N3O2. The molecule has 0 radical (unpaired) electrons. The molecule has 2 N–H and O–H groups in total. The number of nitrogens with zero attached hydrogens (tertiary/aromatic N) is 2.